The van der Waals surface area contributed by atoms with E-state index in [-0.39, 0.29) is 17.9 Å². The number of nitrogens with one attached hydrogen (secondary N) is 2. The molecule has 8 heteroatoms. The largest absolute Gasteiger partial charge is 0.351 e. The van der Waals surface area contributed by atoms with E-state index in [9.17, 15) is 18.0 Å². The standard InChI is InChI=1S/C29H35N3O4S/c1-20(2)23-13-11-22(12-14-23)19-27(30-21(3)33)29(34)31-25-15-17-32(18-16-25)37(35,36)28-10-6-8-24-7-4-5-9-26(24)28/h4-14,20,25,27H,15-19H2,1-3H3,(H,30,33)(H,31,34). The zero-order valence-corrected chi connectivity index (χ0v) is 22.4. The first-order valence-electron chi connectivity index (χ1n) is 12.8. The highest BCUT2D eigenvalue weighted by molar-refractivity contribution is 7.89. The topological polar surface area (TPSA) is 95.6 Å². The Kier molecular flexibility index (Phi) is 8.29. The van der Waals surface area contributed by atoms with Gasteiger partial charge in [-0.15, -0.1) is 0 Å². The lowest BCUT2D eigenvalue weighted by Gasteiger charge is -2.32. The Morgan fingerprint density at radius 1 is 0.946 bits per heavy atom. The number of carbonyl (C=O) groups is 2. The molecule has 196 valence electrons. The first kappa shape index (κ1) is 26.8. The molecule has 1 aliphatic rings. The molecule has 3 aromatic rings. The summed E-state index contributed by atoms with van der Waals surface area (Å²) in [4.78, 5) is 25.2. The number of nitrogens with zero attached hydrogens (tertiary/aromatic N) is 1. The summed E-state index contributed by atoms with van der Waals surface area (Å²) in [5.41, 5.74) is 2.18. The van der Waals surface area contributed by atoms with Crippen molar-refractivity contribution in [1.82, 2.24) is 14.9 Å². The van der Waals surface area contributed by atoms with Crippen LogP contribution in [-0.2, 0) is 26.0 Å². The van der Waals surface area contributed by atoms with Gasteiger partial charge in [-0.3, -0.25) is 9.59 Å². The lowest BCUT2D eigenvalue weighted by Crippen LogP contribution is -2.53. The second kappa shape index (κ2) is 11.4. The third kappa shape index (κ3) is 6.37. The van der Waals surface area contributed by atoms with Crippen molar-refractivity contribution >= 4 is 32.6 Å². The number of piperidine rings is 1. The third-order valence-corrected chi connectivity index (χ3v) is 8.90. The molecule has 7 nitrogen and oxygen atoms in total. The number of hydrogen-bond acceptors (Lipinski definition) is 4. The Hall–Kier alpha value is -3.23. The molecule has 0 radical (unpaired) electrons. The van der Waals surface area contributed by atoms with Crippen molar-refractivity contribution in [2.24, 2.45) is 0 Å². The number of sulfonamides is 1. The van der Waals surface area contributed by atoms with Gasteiger partial charge in [0.25, 0.3) is 0 Å². The van der Waals surface area contributed by atoms with E-state index in [0.717, 1.165) is 10.9 Å². The van der Waals surface area contributed by atoms with Gasteiger partial charge in [0.2, 0.25) is 21.8 Å². The summed E-state index contributed by atoms with van der Waals surface area (Å²) >= 11 is 0. The first-order chi connectivity index (χ1) is 17.6. The van der Waals surface area contributed by atoms with Gasteiger partial charge >= 0.3 is 0 Å². The Morgan fingerprint density at radius 3 is 2.24 bits per heavy atom. The highest BCUT2D eigenvalue weighted by Gasteiger charge is 2.32. The smallest absolute Gasteiger partial charge is 0.243 e. The maximum absolute atomic E-state index is 13.4. The van der Waals surface area contributed by atoms with Crippen molar-refractivity contribution in [3.63, 3.8) is 0 Å². The molecule has 37 heavy (non-hydrogen) atoms. The fraction of sp³-hybridized carbons (Fsp3) is 0.379. The predicted molar refractivity (Wildman–Crippen MR) is 146 cm³/mol. The summed E-state index contributed by atoms with van der Waals surface area (Å²) in [6.45, 7) is 6.29. The van der Waals surface area contributed by atoms with Gasteiger partial charge in [0.15, 0.2) is 0 Å². The van der Waals surface area contributed by atoms with Crippen LogP contribution >= 0.6 is 0 Å². The van der Waals surface area contributed by atoms with E-state index in [1.165, 1.54) is 16.8 Å². The molecule has 0 aromatic heterocycles. The van der Waals surface area contributed by atoms with Crippen molar-refractivity contribution in [2.75, 3.05) is 13.1 Å². The average molecular weight is 522 g/mol. The number of amides is 2. The molecule has 1 atom stereocenters. The van der Waals surface area contributed by atoms with Crippen LogP contribution in [0.2, 0.25) is 0 Å². The van der Waals surface area contributed by atoms with Gasteiger partial charge in [0.1, 0.15) is 6.04 Å². The SMILES string of the molecule is CC(=O)NC(Cc1ccc(C(C)C)cc1)C(=O)NC1CCN(S(=O)(=O)c2cccc3ccccc23)CC1. The van der Waals surface area contributed by atoms with Crippen molar-refractivity contribution in [1.29, 1.82) is 0 Å². The fourth-order valence-electron chi connectivity index (χ4n) is 4.83. The molecule has 2 N–H and O–H groups in total. The number of rotatable bonds is 8. The van der Waals surface area contributed by atoms with Gasteiger partial charge in [0.05, 0.1) is 4.90 Å². The summed E-state index contributed by atoms with van der Waals surface area (Å²) < 4.78 is 28.3. The second-order valence-corrected chi connectivity index (χ2v) is 11.9. The summed E-state index contributed by atoms with van der Waals surface area (Å²) in [5.74, 6) is -0.104. The monoisotopic (exact) mass is 521 g/mol. The molecule has 0 spiro atoms. The predicted octanol–water partition coefficient (Wildman–Crippen LogP) is 3.98. The summed E-state index contributed by atoms with van der Waals surface area (Å²) in [5, 5.41) is 7.40. The minimum atomic E-state index is -3.66. The van der Waals surface area contributed by atoms with Crippen LogP contribution in [-0.4, -0.2) is 49.7 Å². The quantitative estimate of drug-likeness (QED) is 0.469. The number of carbonyl (C=O) groups excluding carboxylic acids is 2. The molecule has 0 bridgehead atoms. The van der Waals surface area contributed by atoms with Crippen LogP contribution in [0.25, 0.3) is 10.8 Å². The highest BCUT2D eigenvalue weighted by atomic mass is 32.2. The van der Waals surface area contributed by atoms with E-state index in [0.29, 0.717) is 48.6 Å². The average Bonchev–Trinajstić information content (AvgIpc) is 2.88. The molecule has 2 amide bonds. The Labute approximate surface area is 219 Å². The number of benzene rings is 3. The normalized spacial score (nSPS) is 16.0. The Balaban J connectivity index is 1.39. The van der Waals surface area contributed by atoms with Crippen LogP contribution in [0.5, 0.6) is 0 Å². The third-order valence-electron chi connectivity index (χ3n) is 6.95. The van der Waals surface area contributed by atoms with E-state index in [1.54, 1.807) is 12.1 Å². The van der Waals surface area contributed by atoms with Crippen molar-refractivity contribution in [3.05, 3.63) is 77.9 Å². The summed E-state index contributed by atoms with van der Waals surface area (Å²) in [6, 6.07) is 20.0. The van der Waals surface area contributed by atoms with Gasteiger partial charge in [-0.05, 0) is 41.3 Å². The van der Waals surface area contributed by atoms with Gasteiger partial charge in [-0.25, -0.2) is 8.42 Å². The van der Waals surface area contributed by atoms with E-state index in [2.05, 4.69) is 36.6 Å². The van der Waals surface area contributed by atoms with E-state index >= 15 is 0 Å². The van der Waals surface area contributed by atoms with E-state index < -0.39 is 16.1 Å². The lowest BCUT2D eigenvalue weighted by molar-refractivity contribution is -0.128. The van der Waals surface area contributed by atoms with Crippen LogP contribution in [0.1, 0.15) is 50.7 Å². The maximum atomic E-state index is 13.4. The second-order valence-electron chi connectivity index (χ2n) is 10.0. The molecule has 3 aromatic carbocycles. The van der Waals surface area contributed by atoms with Crippen molar-refractivity contribution in [3.8, 4) is 0 Å². The molecule has 4 rings (SSSR count). The first-order valence-corrected chi connectivity index (χ1v) is 14.2. The fourth-order valence-corrected chi connectivity index (χ4v) is 6.51. The molecular weight excluding hydrogens is 486 g/mol. The molecule has 1 heterocycles. The number of fused-ring (bicyclic) bond motifs is 1. The molecule has 1 saturated heterocycles. The molecular formula is C29H35N3O4S. The highest BCUT2D eigenvalue weighted by Crippen LogP contribution is 2.27. The Morgan fingerprint density at radius 2 is 1.59 bits per heavy atom. The van der Waals surface area contributed by atoms with Gasteiger partial charge in [-0.2, -0.15) is 4.31 Å². The van der Waals surface area contributed by atoms with Gasteiger partial charge in [0, 0.05) is 37.9 Å². The van der Waals surface area contributed by atoms with Crippen LogP contribution in [0, 0.1) is 0 Å². The zero-order valence-electron chi connectivity index (χ0n) is 21.6. The van der Waals surface area contributed by atoms with Crippen molar-refractivity contribution in [2.45, 2.75) is 62.9 Å². The van der Waals surface area contributed by atoms with Crippen LogP contribution in [0.3, 0.4) is 0 Å². The molecule has 1 unspecified atom stereocenters. The summed E-state index contributed by atoms with van der Waals surface area (Å²) in [7, 11) is -3.66. The van der Waals surface area contributed by atoms with Crippen molar-refractivity contribution < 1.29 is 18.0 Å². The van der Waals surface area contributed by atoms with Crippen LogP contribution in [0.15, 0.2) is 71.6 Å². The maximum Gasteiger partial charge on any atom is 0.243 e. The molecule has 0 aliphatic carbocycles. The molecule has 0 saturated carbocycles. The number of hydrogen-bond donors (Lipinski definition) is 2. The van der Waals surface area contributed by atoms with E-state index in [1.807, 2.05) is 42.5 Å². The lowest BCUT2D eigenvalue weighted by atomic mass is 9.98. The molecule has 1 fully saturated rings. The van der Waals surface area contributed by atoms with Gasteiger partial charge < -0.3 is 10.6 Å². The van der Waals surface area contributed by atoms with E-state index in [4.69, 9.17) is 0 Å². The zero-order chi connectivity index (χ0) is 26.6. The molecule has 1 aliphatic heterocycles. The summed E-state index contributed by atoms with van der Waals surface area (Å²) in [6.07, 6.45) is 1.40. The van der Waals surface area contributed by atoms with Gasteiger partial charge in [-0.1, -0.05) is 74.5 Å². The minimum Gasteiger partial charge on any atom is -0.351 e. The Bertz CT molecular complexity index is 1360. The minimum absolute atomic E-state index is 0.161. The van der Waals surface area contributed by atoms with Crippen LogP contribution < -0.4 is 10.6 Å². The van der Waals surface area contributed by atoms with Crippen LogP contribution in [0.4, 0.5) is 0 Å².